The van der Waals surface area contributed by atoms with E-state index in [1.54, 1.807) is 7.11 Å². The Bertz CT molecular complexity index is 781. The molecule has 2 aromatic carbocycles. The summed E-state index contributed by atoms with van der Waals surface area (Å²) in [5.41, 5.74) is 7.60. The highest BCUT2D eigenvalue weighted by atomic mass is 16.5. The van der Waals surface area contributed by atoms with E-state index in [2.05, 4.69) is 22.6 Å². The predicted molar refractivity (Wildman–Crippen MR) is 93.7 cm³/mol. The van der Waals surface area contributed by atoms with Crippen LogP contribution in [0.15, 0.2) is 65.9 Å². The Kier molecular flexibility index (Phi) is 3.73. The van der Waals surface area contributed by atoms with Crippen molar-refractivity contribution in [1.29, 1.82) is 0 Å². The summed E-state index contributed by atoms with van der Waals surface area (Å²) in [6.45, 7) is 0. The molecule has 4 nitrogen and oxygen atoms in total. The minimum absolute atomic E-state index is 0.0962. The SMILES string of the molecule is COc1ccc(C2C3=C(CCCC3=O)NN2c2ccccc2)cc1. The Labute approximate surface area is 141 Å². The molecule has 0 fully saturated rings. The fourth-order valence-corrected chi connectivity index (χ4v) is 3.54. The van der Waals surface area contributed by atoms with Crippen LogP contribution in [0.5, 0.6) is 5.75 Å². The van der Waals surface area contributed by atoms with E-state index in [-0.39, 0.29) is 11.8 Å². The Morgan fingerprint density at radius 3 is 2.50 bits per heavy atom. The van der Waals surface area contributed by atoms with E-state index < -0.39 is 0 Å². The number of para-hydroxylation sites is 1. The molecule has 24 heavy (non-hydrogen) atoms. The molecule has 0 amide bonds. The van der Waals surface area contributed by atoms with Crippen LogP contribution < -0.4 is 15.2 Å². The summed E-state index contributed by atoms with van der Waals surface area (Å²) in [6.07, 6.45) is 2.48. The van der Waals surface area contributed by atoms with Crippen LogP contribution in [0.4, 0.5) is 5.69 Å². The number of ether oxygens (including phenoxy) is 1. The van der Waals surface area contributed by atoms with Gasteiger partial charge in [-0.1, -0.05) is 30.3 Å². The summed E-state index contributed by atoms with van der Waals surface area (Å²) in [6, 6.07) is 18.0. The number of hydrazine groups is 1. The Morgan fingerprint density at radius 1 is 1.04 bits per heavy atom. The number of methoxy groups -OCH3 is 1. The first-order valence-corrected chi connectivity index (χ1v) is 8.29. The lowest BCUT2D eigenvalue weighted by molar-refractivity contribution is -0.116. The highest BCUT2D eigenvalue weighted by Crippen LogP contribution is 2.42. The van der Waals surface area contributed by atoms with Gasteiger partial charge in [-0.05, 0) is 42.7 Å². The highest BCUT2D eigenvalue weighted by molar-refractivity contribution is 5.99. The smallest absolute Gasteiger partial charge is 0.163 e. The molecule has 4 heteroatoms. The van der Waals surface area contributed by atoms with Crippen molar-refractivity contribution >= 4 is 11.5 Å². The first-order valence-electron chi connectivity index (χ1n) is 8.29. The average Bonchev–Trinajstić information content (AvgIpc) is 3.03. The van der Waals surface area contributed by atoms with E-state index in [0.717, 1.165) is 41.1 Å². The molecule has 122 valence electrons. The van der Waals surface area contributed by atoms with Crippen molar-refractivity contribution in [3.63, 3.8) is 0 Å². The molecule has 0 radical (unpaired) electrons. The molecule has 1 heterocycles. The summed E-state index contributed by atoms with van der Waals surface area (Å²) in [5, 5.41) is 2.11. The number of carbonyl (C=O) groups excluding carboxylic acids is 1. The Hall–Kier alpha value is -2.75. The zero-order valence-electron chi connectivity index (χ0n) is 13.7. The molecule has 0 saturated carbocycles. The van der Waals surface area contributed by atoms with Gasteiger partial charge in [0.25, 0.3) is 0 Å². The van der Waals surface area contributed by atoms with Crippen LogP contribution >= 0.6 is 0 Å². The second-order valence-electron chi connectivity index (χ2n) is 6.16. The first kappa shape index (κ1) is 14.8. The van der Waals surface area contributed by atoms with Crippen LogP contribution in [0, 0.1) is 0 Å². The van der Waals surface area contributed by atoms with E-state index in [4.69, 9.17) is 4.74 Å². The van der Waals surface area contributed by atoms with Crippen molar-refractivity contribution in [3.8, 4) is 5.75 Å². The number of Topliss-reactive ketones (excluding diaryl/α,β-unsaturated/α-hetero) is 1. The fraction of sp³-hybridized carbons (Fsp3) is 0.250. The number of allylic oxidation sites excluding steroid dienone is 1. The molecule has 2 aromatic rings. The van der Waals surface area contributed by atoms with Crippen molar-refractivity contribution in [1.82, 2.24) is 5.43 Å². The van der Waals surface area contributed by atoms with E-state index >= 15 is 0 Å². The highest BCUT2D eigenvalue weighted by Gasteiger charge is 2.39. The molecule has 0 saturated heterocycles. The van der Waals surface area contributed by atoms with Gasteiger partial charge in [-0.15, -0.1) is 0 Å². The molecule has 0 aromatic heterocycles. The number of rotatable bonds is 3. The third kappa shape index (κ3) is 2.44. The lowest BCUT2D eigenvalue weighted by Gasteiger charge is -2.28. The van der Waals surface area contributed by atoms with E-state index in [1.165, 1.54) is 0 Å². The molecule has 0 spiro atoms. The number of hydrogen-bond donors (Lipinski definition) is 1. The summed E-state index contributed by atoms with van der Waals surface area (Å²) < 4.78 is 5.26. The number of carbonyl (C=O) groups is 1. The fourth-order valence-electron chi connectivity index (χ4n) is 3.54. The molecule has 1 unspecified atom stereocenters. The monoisotopic (exact) mass is 320 g/mol. The number of ketones is 1. The Balaban J connectivity index is 1.79. The molecular weight excluding hydrogens is 300 g/mol. The maximum atomic E-state index is 12.6. The molecule has 1 aliphatic carbocycles. The van der Waals surface area contributed by atoms with Crippen molar-refractivity contribution < 1.29 is 9.53 Å². The Morgan fingerprint density at radius 2 is 1.79 bits per heavy atom. The second-order valence-corrected chi connectivity index (χ2v) is 6.16. The van der Waals surface area contributed by atoms with Gasteiger partial charge in [-0.3, -0.25) is 9.80 Å². The quantitative estimate of drug-likeness (QED) is 0.935. The standard InChI is InChI=1S/C20H20N2O2/c1-24-16-12-10-14(11-13-16)20-19-17(8-5-9-18(19)23)21-22(20)15-6-3-2-4-7-15/h2-4,6-7,10-13,20-21H,5,8-9H2,1H3. The van der Waals surface area contributed by atoms with Crippen LogP contribution in [0.1, 0.15) is 30.9 Å². The summed E-state index contributed by atoms with van der Waals surface area (Å²) in [4.78, 5) is 12.6. The molecule has 1 N–H and O–H groups in total. The van der Waals surface area contributed by atoms with Crippen LogP contribution in [0.3, 0.4) is 0 Å². The largest absolute Gasteiger partial charge is 0.497 e. The first-order chi connectivity index (χ1) is 11.8. The van der Waals surface area contributed by atoms with Gasteiger partial charge in [0.05, 0.1) is 12.8 Å². The third-order valence-electron chi connectivity index (χ3n) is 4.71. The van der Waals surface area contributed by atoms with Gasteiger partial charge < -0.3 is 10.2 Å². The van der Waals surface area contributed by atoms with Crippen molar-refractivity contribution in [2.45, 2.75) is 25.3 Å². The minimum atomic E-state index is -0.0962. The van der Waals surface area contributed by atoms with Crippen LogP contribution in [0.25, 0.3) is 0 Å². The number of nitrogens with zero attached hydrogens (tertiary/aromatic N) is 1. The van der Waals surface area contributed by atoms with Gasteiger partial charge in [-0.2, -0.15) is 0 Å². The van der Waals surface area contributed by atoms with Crippen LogP contribution in [0.2, 0.25) is 0 Å². The van der Waals surface area contributed by atoms with Gasteiger partial charge in [0, 0.05) is 17.7 Å². The molecular formula is C20H20N2O2. The van der Waals surface area contributed by atoms with Crippen LogP contribution in [-0.2, 0) is 4.79 Å². The van der Waals surface area contributed by atoms with Gasteiger partial charge >= 0.3 is 0 Å². The van der Waals surface area contributed by atoms with Gasteiger partial charge in [-0.25, -0.2) is 0 Å². The maximum Gasteiger partial charge on any atom is 0.163 e. The zero-order chi connectivity index (χ0) is 16.5. The second kappa shape index (κ2) is 6.04. The molecule has 0 bridgehead atoms. The van der Waals surface area contributed by atoms with Crippen molar-refractivity contribution in [3.05, 3.63) is 71.4 Å². The molecule has 4 rings (SSSR count). The normalized spacial score (nSPS) is 20.0. The van der Waals surface area contributed by atoms with Gasteiger partial charge in [0.15, 0.2) is 5.78 Å². The third-order valence-corrected chi connectivity index (χ3v) is 4.71. The van der Waals surface area contributed by atoms with E-state index in [0.29, 0.717) is 6.42 Å². The maximum absolute atomic E-state index is 12.6. The van der Waals surface area contributed by atoms with Crippen molar-refractivity contribution in [2.24, 2.45) is 0 Å². The molecule has 1 atom stereocenters. The number of anilines is 1. The summed E-state index contributed by atoms with van der Waals surface area (Å²) in [7, 11) is 1.66. The van der Waals surface area contributed by atoms with Gasteiger partial charge in [0.1, 0.15) is 11.8 Å². The predicted octanol–water partition coefficient (Wildman–Crippen LogP) is 3.77. The van der Waals surface area contributed by atoms with Crippen molar-refractivity contribution in [2.75, 3.05) is 12.1 Å². The number of hydrogen-bond acceptors (Lipinski definition) is 4. The summed E-state index contributed by atoms with van der Waals surface area (Å²) >= 11 is 0. The van der Waals surface area contributed by atoms with Gasteiger partial charge in [0.2, 0.25) is 0 Å². The van der Waals surface area contributed by atoms with E-state index in [1.807, 2.05) is 42.5 Å². The lowest BCUT2D eigenvalue weighted by atomic mass is 9.88. The average molecular weight is 320 g/mol. The molecule has 2 aliphatic rings. The topological polar surface area (TPSA) is 41.6 Å². The number of benzene rings is 2. The number of nitrogens with one attached hydrogen (secondary N) is 1. The van der Waals surface area contributed by atoms with Crippen LogP contribution in [-0.4, -0.2) is 12.9 Å². The zero-order valence-corrected chi connectivity index (χ0v) is 13.7. The summed E-state index contributed by atoms with van der Waals surface area (Å²) in [5.74, 6) is 1.07. The minimum Gasteiger partial charge on any atom is -0.497 e. The lowest BCUT2D eigenvalue weighted by Crippen LogP contribution is -2.34. The molecule has 1 aliphatic heterocycles. The van der Waals surface area contributed by atoms with E-state index in [9.17, 15) is 4.79 Å².